The van der Waals surface area contributed by atoms with Crippen molar-refractivity contribution >= 4 is 16.9 Å². The van der Waals surface area contributed by atoms with Crippen LogP contribution in [-0.2, 0) is 11.3 Å². The van der Waals surface area contributed by atoms with Crippen LogP contribution in [0.3, 0.4) is 0 Å². The molecule has 112 valence electrons. The fraction of sp³-hybridized carbons (Fsp3) is 0.286. The number of hydrogen-bond donors (Lipinski definition) is 0. The molecular weight excluding hydrogens is 287 g/mol. The summed E-state index contributed by atoms with van der Waals surface area (Å²) in [4.78, 5) is 23.9. The number of benzene rings is 1. The lowest BCUT2D eigenvalue weighted by Gasteiger charge is -2.12. The van der Waals surface area contributed by atoms with Crippen molar-refractivity contribution in [3.05, 3.63) is 45.8 Å². The monoisotopic (exact) mass is 299 g/mol. The van der Waals surface area contributed by atoms with Crippen molar-refractivity contribution in [2.75, 3.05) is 13.3 Å². The molecule has 21 heavy (non-hydrogen) atoms. The van der Waals surface area contributed by atoms with Gasteiger partial charge in [-0.25, -0.2) is 18.0 Å². The smallest absolute Gasteiger partial charge is 0.343 e. The maximum atomic E-state index is 13.3. The first-order chi connectivity index (χ1) is 9.99. The fourth-order valence-electron chi connectivity index (χ4n) is 2.02. The molecule has 2 rings (SSSR count). The Morgan fingerprint density at radius 2 is 1.95 bits per heavy atom. The summed E-state index contributed by atoms with van der Waals surface area (Å²) in [6, 6.07) is 1.50. The number of nitrogens with zero attached hydrogens (tertiary/aromatic N) is 1. The largest absolute Gasteiger partial charge is 0.462 e. The topological polar surface area (TPSA) is 48.3 Å². The van der Waals surface area contributed by atoms with Gasteiger partial charge in [0.2, 0.25) is 5.43 Å². The number of hydrogen-bond acceptors (Lipinski definition) is 3. The third kappa shape index (κ3) is 2.76. The molecule has 0 saturated heterocycles. The average Bonchev–Trinajstić information content (AvgIpc) is 2.44. The van der Waals surface area contributed by atoms with E-state index in [2.05, 4.69) is 0 Å². The molecule has 0 N–H and O–H groups in total. The Balaban J connectivity index is 2.79. The molecule has 1 aromatic carbocycles. The first-order valence-corrected chi connectivity index (χ1v) is 6.24. The highest BCUT2D eigenvalue weighted by Crippen LogP contribution is 2.17. The Hall–Kier alpha value is -2.31. The molecule has 0 spiro atoms. The van der Waals surface area contributed by atoms with Crippen LogP contribution in [0.5, 0.6) is 0 Å². The highest BCUT2D eigenvalue weighted by molar-refractivity contribution is 5.93. The van der Waals surface area contributed by atoms with E-state index in [0.717, 1.165) is 12.3 Å². The van der Waals surface area contributed by atoms with Gasteiger partial charge in [0, 0.05) is 17.6 Å². The van der Waals surface area contributed by atoms with Crippen LogP contribution in [-0.4, -0.2) is 23.8 Å². The minimum atomic E-state index is -1.22. The van der Waals surface area contributed by atoms with Gasteiger partial charge in [-0.1, -0.05) is 0 Å². The molecule has 0 fully saturated rings. The van der Waals surface area contributed by atoms with Crippen LogP contribution in [0.4, 0.5) is 13.2 Å². The number of halogens is 3. The normalized spacial score (nSPS) is 10.9. The second-order valence-corrected chi connectivity index (χ2v) is 4.26. The maximum absolute atomic E-state index is 13.3. The van der Waals surface area contributed by atoms with Crippen LogP contribution in [0.2, 0.25) is 0 Å². The number of aryl methyl sites for hydroxylation is 1. The minimum Gasteiger partial charge on any atom is -0.462 e. The highest BCUT2D eigenvalue weighted by Gasteiger charge is 2.18. The summed E-state index contributed by atoms with van der Waals surface area (Å²) in [6.45, 7) is 0.624. The van der Waals surface area contributed by atoms with Crippen LogP contribution in [0.15, 0.2) is 23.1 Å². The summed E-state index contributed by atoms with van der Waals surface area (Å²) in [7, 11) is 0. The predicted octanol–water partition coefficient (Wildman–Crippen LogP) is 2.43. The van der Waals surface area contributed by atoms with Gasteiger partial charge in [-0.15, -0.1) is 0 Å². The van der Waals surface area contributed by atoms with Gasteiger partial charge in [0.15, 0.2) is 11.6 Å². The highest BCUT2D eigenvalue weighted by atomic mass is 19.2. The molecule has 0 aliphatic carbocycles. The molecule has 0 bridgehead atoms. The lowest BCUT2D eigenvalue weighted by atomic mass is 10.1. The molecule has 1 aromatic heterocycles. The summed E-state index contributed by atoms with van der Waals surface area (Å²) in [6.07, 6.45) is 1.10. The van der Waals surface area contributed by atoms with E-state index in [4.69, 9.17) is 4.74 Å². The van der Waals surface area contributed by atoms with Gasteiger partial charge in [-0.2, -0.15) is 0 Å². The van der Waals surface area contributed by atoms with Crippen LogP contribution < -0.4 is 5.43 Å². The number of ether oxygens (including phenoxy) is 1. The Morgan fingerprint density at radius 1 is 1.29 bits per heavy atom. The predicted molar refractivity (Wildman–Crippen MR) is 70.1 cm³/mol. The molecule has 0 amide bonds. The van der Waals surface area contributed by atoms with Crippen molar-refractivity contribution in [3.63, 3.8) is 0 Å². The SMILES string of the molecule is CCOC(=O)c1cn(CCF)c2cc(F)c(F)cc2c1=O. The maximum Gasteiger partial charge on any atom is 0.343 e. The van der Waals surface area contributed by atoms with Crippen LogP contribution in [0.25, 0.3) is 10.9 Å². The van der Waals surface area contributed by atoms with Crippen molar-refractivity contribution in [2.24, 2.45) is 0 Å². The molecule has 0 atom stereocenters. The standard InChI is InChI=1S/C14H12F3NO3/c1-2-21-14(20)9-7-18(4-3-15)12-6-11(17)10(16)5-8(12)13(9)19/h5-7H,2-4H2,1H3. The minimum absolute atomic E-state index is 0.0181. The van der Waals surface area contributed by atoms with Crippen LogP contribution in [0, 0.1) is 11.6 Å². The first kappa shape index (κ1) is 15.1. The van der Waals surface area contributed by atoms with Crippen molar-refractivity contribution in [3.8, 4) is 0 Å². The molecule has 0 saturated carbocycles. The number of carbonyl (C=O) groups is 1. The molecule has 0 unspecified atom stereocenters. The van der Waals surface area contributed by atoms with E-state index >= 15 is 0 Å². The first-order valence-electron chi connectivity index (χ1n) is 6.24. The van der Waals surface area contributed by atoms with Gasteiger partial charge < -0.3 is 9.30 Å². The van der Waals surface area contributed by atoms with Gasteiger partial charge in [0.1, 0.15) is 12.2 Å². The zero-order valence-electron chi connectivity index (χ0n) is 11.2. The molecule has 0 aliphatic rings. The van der Waals surface area contributed by atoms with Crippen molar-refractivity contribution in [1.82, 2.24) is 4.57 Å². The average molecular weight is 299 g/mol. The Labute approximate surface area is 117 Å². The van der Waals surface area contributed by atoms with E-state index in [-0.39, 0.29) is 29.6 Å². The van der Waals surface area contributed by atoms with Crippen LogP contribution >= 0.6 is 0 Å². The zero-order chi connectivity index (χ0) is 15.6. The number of esters is 1. The number of carbonyl (C=O) groups excluding carboxylic acids is 1. The summed E-state index contributed by atoms with van der Waals surface area (Å²) in [5, 5.41) is -0.201. The van der Waals surface area contributed by atoms with E-state index < -0.39 is 29.7 Å². The lowest BCUT2D eigenvalue weighted by molar-refractivity contribution is 0.0524. The molecule has 7 heteroatoms. The molecular formula is C14H12F3NO3. The number of alkyl halides is 1. The lowest BCUT2D eigenvalue weighted by Crippen LogP contribution is -2.21. The molecule has 2 aromatic rings. The van der Waals surface area contributed by atoms with E-state index in [1.165, 1.54) is 4.57 Å². The third-order valence-electron chi connectivity index (χ3n) is 2.94. The summed E-state index contributed by atoms with van der Waals surface area (Å²) >= 11 is 0. The summed E-state index contributed by atoms with van der Waals surface area (Å²) in [5.41, 5.74) is -1.11. The van der Waals surface area contributed by atoms with Gasteiger partial charge in [-0.3, -0.25) is 4.79 Å². The van der Waals surface area contributed by atoms with E-state index in [1.54, 1.807) is 6.92 Å². The Kier molecular flexibility index (Phi) is 4.30. The zero-order valence-corrected chi connectivity index (χ0v) is 11.2. The van der Waals surface area contributed by atoms with E-state index in [0.29, 0.717) is 6.07 Å². The Morgan fingerprint density at radius 3 is 2.57 bits per heavy atom. The number of fused-ring (bicyclic) bond motifs is 1. The van der Waals surface area contributed by atoms with Crippen molar-refractivity contribution < 1.29 is 22.7 Å². The van der Waals surface area contributed by atoms with Gasteiger partial charge in [0.05, 0.1) is 18.7 Å². The second kappa shape index (κ2) is 5.99. The molecule has 4 nitrogen and oxygen atoms in total. The number of pyridine rings is 1. The van der Waals surface area contributed by atoms with Crippen LogP contribution in [0.1, 0.15) is 17.3 Å². The van der Waals surface area contributed by atoms with Crippen molar-refractivity contribution in [1.29, 1.82) is 0 Å². The van der Waals surface area contributed by atoms with Crippen molar-refractivity contribution in [2.45, 2.75) is 13.5 Å². The summed E-state index contributed by atoms with van der Waals surface area (Å²) in [5.74, 6) is -3.26. The van der Waals surface area contributed by atoms with Gasteiger partial charge in [0.25, 0.3) is 0 Å². The fourth-order valence-corrected chi connectivity index (χ4v) is 2.02. The number of rotatable bonds is 4. The van der Waals surface area contributed by atoms with E-state index in [1.807, 2.05) is 0 Å². The van der Waals surface area contributed by atoms with E-state index in [9.17, 15) is 22.8 Å². The molecule has 0 radical (unpaired) electrons. The quantitative estimate of drug-likeness (QED) is 0.815. The summed E-state index contributed by atoms with van der Waals surface area (Å²) < 4.78 is 45.1. The molecule has 1 heterocycles. The molecule has 0 aliphatic heterocycles. The second-order valence-electron chi connectivity index (χ2n) is 4.26. The number of aromatic nitrogens is 1. The Bertz CT molecular complexity index is 755. The van der Waals surface area contributed by atoms with Gasteiger partial charge >= 0.3 is 5.97 Å². The third-order valence-corrected chi connectivity index (χ3v) is 2.94. The van der Waals surface area contributed by atoms with Gasteiger partial charge in [-0.05, 0) is 13.0 Å².